The van der Waals surface area contributed by atoms with Crippen LogP contribution in [0.4, 0.5) is 0 Å². The molecule has 2 atom stereocenters. The van der Waals surface area contributed by atoms with Crippen molar-refractivity contribution < 1.29 is 42.4 Å². The first-order valence-corrected chi connectivity index (χ1v) is 11.1. The van der Waals surface area contributed by atoms with Gasteiger partial charge in [-0.3, -0.25) is 13.8 Å². The van der Waals surface area contributed by atoms with Crippen LogP contribution in [0.5, 0.6) is 0 Å². The van der Waals surface area contributed by atoms with Gasteiger partial charge in [0.2, 0.25) is 0 Å². The minimum Gasteiger partial charge on any atom is -0.481 e. The van der Waals surface area contributed by atoms with E-state index in [1.54, 1.807) is 0 Å². The average molecular weight is 426 g/mol. The van der Waals surface area contributed by atoms with E-state index in [2.05, 4.69) is 13.5 Å². The molecule has 0 spiro atoms. The number of quaternary nitrogens is 1. The van der Waals surface area contributed by atoms with Crippen molar-refractivity contribution in [2.75, 3.05) is 47.5 Å². The summed E-state index contributed by atoms with van der Waals surface area (Å²) >= 11 is 0. The van der Waals surface area contributed by atoms with E-state index in [1.807, 2.05) is 21.1 Å². The monoisotopic (exact) mass is 426 g/mol. The molecule has 166 valence electrons. The summed E-state index contributed by atoms with van der Waals surface area (Å²) < 4.78 is 32.4. The summed E-state index contributed by atoms with van der Waals surface area (Å²) in [6, 6.07) is 0. The van der Waals surface area contributed by atoms with E-state index >= 15 is 0 Å². The Morgan fingerprint density at radius 1 is 1.11 bits per heavy atom. The number of aliphatic hydroxyl groups excluding tert-OH is 1. The van der Waals surface area contributed by atoms with Crippen molar-refractivity contribution >= 4 is 13.8 Å². The molecule has 0 radical (unpaired) electrons. The second kappa shape index (κ2) is 14.0. The number of esters is 1. The highest BCUT2D eigenvalue weighted by atomic mass is 31.2. The molecule has 0 bridgehead atoms. The number of hydrogen-bond acceptors (Lipinski definition) is 7. The van der Waals surface area contributed by atoms with Gasteiger partial charge in [-0.1, -0.05) is 32.6 Å². The predicted octanol–water partition coefficient (Wildman–Crippen LogP) is 3.14. The summed E-state index contributed by atoms with van der Waals surface area (Å²) in [5.74, 6) is -1.01. The lowest BCUT2D eigenvalue weighted by Gasteiger charge is -2.24. The first-order chi connectivity index (χ1) is 12.9. The molecule has 0 aliphatic rings. The molecular weight excluding hydrogens is 389 g/mol. The summed E-state index contributed by atoms with van der Waals surface area (Å²) in [4.78, 5) is 21.7. The normalized spacial score (nSPS) is 14.9. The number of phosphoric ester groups is 1. The van der Waals surface area contributed by atoms with E-state index in [1.165, 1.54) is 0 Å². The zero-order valence-electron chi connectivity index (χ0n) is 17.6. The fourth-order valence-corrected chi connectivity index (χ4v) is 2.81. The number of carbonyl (C=O) groups excluding carboxylic acids is 1. The maximum atomic E-state index is 12.0. The number of likely N-dealkylation sites (N-methyl/N-ethyl adjacent to an activating group) is 1. The second-order valence-electron chi connectivity index (χ2n) is 7.59. The predicted molar refractivity (Wildman–Crippen MR) is 106 cm³/mol. The van der Waals surface area contributed by atoms with Gasteiger partial charge in [0.1, 0.15) is 19.8 Å². The van der Waals surface area contributed by atoms with Crippen LogP contribution in [0.25, 0.3) is 0 Å². The molecule has 0 rings (SSSR count). The van der Waals surface area contributed by atoms with Crippen LogP contribution in [-0.2, 0) is 27.9 Å². The molecule has 1 unspecified atom stereocenters. The number of phosphoric acid groups is 1. The topological polar surface area (TPSA) is 112 Å². The Kier molecular flexibility index (Phi) is 13.4. The zero-order chi connectivity index (χ0) is 21.6. The third kappa shape index (κ3) is 17.0. The summed E-state index contributed by atoms with van der Waals surface area (Å²) in [5.41, 5.74) is 0. The van der Waals surface area contributed by atoms with E-state index in [0.29, 0.717) is 17.4 Å². The number of ether oxygens (including phenoxy) is 2. The molecule has 0 aliphatic heterocycles. The van der Waals surface area contributed by atoms with E-state index in [0.717, 1.165) is 25.7 Å². The highest BCUT2D eigenvalue weighted by molar-refractivity contribution is 7.47. The lowest BCUT2D eigenvalue weighted by atomic mass is 10.1. The van der Waals surface area contributed by atoms with Gasteiger partial charge in [0.15, 0.2) is 6.10 Å². The van der Waals surface area contributed by atoms with Crippen LogP contribution in [-0.4, -0.2) is 74.1 Å². The largest absolute Gasteiger partial charge is 0.481 e. The minimum atomic E-state index is -4.30. The molecule has 0 aromatic rings. The Bertz CT molecular complexity index is 506. The molecule has 0 aromatic carbocycles. The van der Waals surface area contributed by atoms with Gasteiger partial charge in [0.25, 0.3) is 5.95 Å². The first-order valence-electron chi connectivity index (χ1n) is 9.57. The van der Waals surface area contributed by atoms with Crippen LogP contribution in [0, 0.1) is 0 Å². The van der Waals surface area contributed by atoms with Crippen LogP contribution < -0.4 is 0 Å². The maximum Gasteiger partial charge on any atom is 0.472 e. The highest BCUT2D eigenvalue weighted by Gasteiger charge is 2.26. The van der Waals surface area contributed by atoms with Crippen LogP contribution in [0.15, 0.2) is 12.5 Å². The van der Waals surface area contributed by atoms with Gasteiger partial charge in [-0.05, 0) is 13.0 Å². The van der Waals surface area contributed by atoms with Crippen molar-refractivity contribution in [1.82, 2.24) is 0 Å². The molecule has 9 nitrogen and oxygen atoms in total. The summed E-state index contributed by atoms with van der Waals surface area (Å²) in [6.07, 6.45) is 4.18. The second-order valence-corrected chi connectivity index (χ2v) is 9.05. The molecule has 0 heterocycles. The molecule has 28 heavy (non-hydrogen) atoms. The molecule has 10 heteroatoms. The van der Waals surface area contributed by atoms with E-state index < -0.39 is 32.4 Å². The molecule has 0 amide bonds. The van der Waals surface area contributed by atoms with Crippen molar-refractivity contribution in [3.05, 3.63) is 12.5 Å². The Labute approximate surface area is 168 Å². The lowest BCUT2D eigenvalue weighted by Crippen LogP contribution is -2.37. The number of hydrogen-bond donors (Lipinski definition) is 2. The van der Waals surface area contributed by atoms with Crippen molar-refractivity contribution in [2.24, 2.45) is 0 Å². The van der Waals surface area contributed by atoms with Crippen molar-refractivity contribution in [3.8, 4) is 0 Å². The summed E-state index contributed by atoms with van der Waals surface area (Å²) in [5, 5.41) is 9.05. The Balaban J connectivity index is 4.44. The number of carbonyl (C=O) groups is 1. The van der Waals surface area contributed by atoms with Gasteiger partial charge in [0.05, 0.1) is 27.7 Å². The SMILES string of the molecule is C=C(O)OC[C@H](COP(=O)(O)OCC[N+](C)(C)C)OC(=O)CCCCCCC. The van der Waals surface area contributed by atoms with Crippen molar-refractivity contribution in [3.63, 3.8) is 0 Å². The Morgan fingerprint density at radius 2 is 1.75 bits per heavy atom. The minimum absolute atomic E-state index is 0.0312. The molecule has 0 saturated heterocycles. The fraction of sp³-hybridized carbons (Fsp3) is 0.833. The van der Waals surface area contributed by atoms with Crippen LogP contribution >= 0.6 is 7.82 Å². The van der Waals surface area contributed by atoms with Crippen molar-refractivity contribution in [2.45, 2.75) is 51.6 Å². The molecule has 0 aromatic heterocycles. The van der Waals surface area contributed by atoms with Crippen LogP contribution in [0.1, 0.15) is 45.4 Å². The average Bonchev–Trinajstić information content (AvgIpc) is 2.55. The van der Waals surface area contributed by atoms with Gasteiger partial charge < -0.3 is 24.0 Å². The lowest BCUT2D eigenvalue weighted by molar-refractivity contribution is -0.870. The number of nitrogens with zero attached hydrogens (tertiary/aromatic N) is 1. The Morgan fingerprint density at radius 3 is 2.32 bits per heavy atom. The summed E-state index contributed by atoms with van der Waals surface area (Å²) in [6.45, 7) is 5.17. The molecular formula is C18H37NO8P+. The maximum absolute atomic E-state index is 12.0. The highest BCUT2D eigenvalue weighted by Crippen LogP contribution is 2.43. The molecule has 2 N–H and O–H groups in total. The van der Waals surface area contributed by atoms with E-state index in [9.17, 15) is 14.3 Å². The fourth-order valence-electron chi connectivity index (χ4n) is 2.07. The number of rotatable bonds is 17. The van der Waals surface area contributed by atoms with E-state index in [4.69, 9.17) is 23.6 Å². The van der Waals surface area contributed by atoms with Gasteiger partial charge in [-0.2, -0.15) is 0 Å². The Hall–Kier alpha value is -1.12. The van der Waals surface area contributed by atoms with Crippen LogP contribution in [0.3, 0.4) is 0 Å². The van der Waals surface area contributed by atoms with Gasteiger partial charge in [-0.15, -0.1) is 0 Å². The molecule has 0 saturated carbocycles. The standard InChI is InChI=1S/C18H36NO8P/c1-6-7-8-9-10-11-18(21)27-17(14-24-16(2)20)15-26-28(22,23)25-13-12-19(3,4)5/h17H,2,6-15H2,1,3-5H3,(H-,20,22,23)/p+1/t17-/m1/s1. The van der Waals surface area contributed by atoms with Gasteiger partial charge in [-0.25, -0.2) is 4.57 Å². The smallest absolute Gasteiger partial charge is 0.472 e. The van der Waals surface area contributed by atoms with Crippen molar-refractivity contribution in [1.29, 1.82) is 0 Å². The van der Waals surface area contributed by atoms with Gasteiger partial charge in [0, 0.05) is 6.42 Å². The van der Waals surface area contributed by atoms with Gasteiger partial charge >= 0.3 is 13.8 Å². The summed E-state index contributed by atoms with van der Waals surface area (Å²) in [7, 11) is 1.46. The number of unbranched alkanes of at least 4 members (excludes halogenated alkanes) is 4. The quantitative estimate of drug-likeness (QED) is 0.120. The number of aliphatic hydroxyl groups is 1. The molecule has 0 fully saturated rings. The zero-order valence-corrected chi connectivity index (χ0v) is 18.5. The molecule has 0 aliphatic carbocycles. The third-order valence-corrected chi connectivity index (χ3v) is 4.64. The van der Waals surface area contributed by atoms with Crippen LogP contribution in [0.2, 0.25) is 0 Å². The third-order valence-electron chi connectivity index (χ3n) is 3.66. The first kappa shape index (κ1) is 26.9. The van der Waals surface area contributed by atoms with E-state index in [-0.39, 0.29) is 19.6 Å².